The van der Waals surface area contributed by atoms with E-state index >= 15 is 0 Å². The molecular formula is C17H34N2. The van der Waals surface area contributed by atoms with Gasteiger partial charge in [0.05, 0.1) is 0 Å². The van der Waals surface area contributed by atoms with Crippen LogP contribution in [0.15, 0.2) is 0 Å². The summed E-state index contributed by atoms with van der Waals surface area (Å²) in [6.45, 7) is 11.0. The van der Waals surface area contributed by atoms with Crippen molar-refractivity contribution in [2.45, 2.75) is 77.8 Å². The number of nitrogens with one attached hydrogen (secondary N) is 1. The van der Waals surface area contributed by atoms with Gasteiger partial charge >= 0.3 is 0 Å². The second kappa shape index (κ2) is 7.64. The molecule has 0 bridgehead atoms. The first kappa shape index (κ1) is 15.3. The summed E-state index contributed by atoms with van der Waals surface area (Å²) in [5, 5.41) is 3.69. The van der Waals surface area contributed by atoms with E-state index in [2.05, 4.69) is 31.0 Å². The van der Waals surface area contributed by atoms with E-state index in [1.54, 1.807) is 0 Å². The van der Waals surface area contributed by atoms with E-state index in [0.29, 0.717) is 0 Å². The zero-order chi connectivity index (χ0) is 13.7. The van der Waals surface area contributed by atoms with Gasteiger partial charge in [-0.3, -0.25) is 4.90 Å². The predicted octanol–water partition coefficient (Wildman–Crippen LogP) is 3.67. The van der Waals surface area contributed by atoms with Crippen LogP contribution in [0.2, 0.25) is 0 Å². The molecule has 1 aliphatic carbocycles. The average molecular weight is 266 g/mol. The van der Waals surface area contributed by atoms with Crippen molar-refractivity contribution in [1.82, 2.24) is 10.2 Å². The highest BCUT2D eigenvalue weighted by atomic mass is 15.2. The third-order valence-electron chi connectivity index (χ3n) is 5.08. The van der Waals surface area contributed by atoms with Crippen LogP contribution in [0.4, 0.5) is 0 Å². The quantitative estimate of drug-likeness (QED) is 0.789. The summed E-state index contributed by atoms with van der Waals surface area (Å²) in [6, 6.07) is 1.63. The summed E-state index contributed by atoms with van der Waals surface area (Å²) >= 11 is 0. The Morgan fingerprint density at radius 1 is 1.11 bits per heavy atom. The van der Waals surface area contributed by atoms with E-state index in [4.69, 9.17) is 0 Å². The van der Waals surface area contributed by atoms with E-state index in [9.17, 15) is 0 Å². The van der Waals surface area contributed by atoms with E-state index in [-0.39, 0.29) is 0 Å². The van der Waals surface area contributed by atoms with Crippen LogP contribution in [-0.2, 0) is 0 Å². The molecule has 2 nitrogen and oxygen atoms in total. The molecular weight excluding hydrogens is 232 g/mol. The van der Waals surface area contributed by atoms with Crippen LogP contribution in [-0.4, -0.2) is 36.6 Å². The van der Waals surface area contributed by atoms with Gasteiger partial charge < -0.3 is 5.32 Å². The van der Waals surface area contributed by atoms with Crippen molar-refractivity contribution >= 4 is 0 Å². The van der Waals surface area contributed by atoms with Gasteiger partial charge in [0.1, 0.15) is 0 Å². The van der Waals surface area contributed by atoms with Gasteiger partial charge in [-0.15, -0.1) is 0 Å². The van der Waals surface area contributed by atoms with Gasteiger partial charge in [-0.05, 0) is 44.1 Å². The van der Waals surface area contributed by atoms with E-state index in [1.165, 1.54) is 64.6 Å². The Morgan fingerprint density at radius 3 is 2.53 bits per heavy atom. The second-order valence-corrected chi connectivity index (χ2v) is 7.16. The Bertz CT molecular complexity index is 246. The van der Waals surface area contributed by atoms with Crippen molar-refractivity contribution in [3.05, 3.63) is 0 Å². The van der Waals surface area contributed by atoms with Crippen molar-refractivity contribution < 1.29 is 0 Å². The van der Waals surface area contributed by atoms with Crippen LogP contribution >= 0.6 is 0 Å². The molecule has 0 radical (unpaired) electrons. The van der Waals surface area contributed by atoms with E-state index in [1.807, 2.05) is 0 Å². The molecule has 0 aromatic rings. The van der Waals surface area contributed by atoms with E-state index in [0.717, 1.165) is 23.9 Å². The Hall–Kier alpha value is -0.0800. The van der Waals surface area contributed by atoms with Gasteiger partial charge in [-0.2, -0.15) is 0 Å². The van der Waals surface area contributed by atoms with Crippen LogP contribution in [0.25, 0.3) is 0 Å². The summed E-state index contributed by atoms with van der Waals surface area (Å²) in [5.74, 6) is 1.75. The van der Waals surface area contributed by atoms with E-state index < -0.39 is 0 Å². The molecule has 2 fully saturated rings. The third kappa shape index (κ3) is 4.46. The molecule has 1 N–H and O–H groups in total. The van der Waals surface area contributed by atoms with Crippen molar-refractivity contribution in [3.8, 4) is 0 Å². The smallest absolute Gasteiger partial charge is 0.0195 e. The highest BCUT2D eigenvalue weighted by Crippen LogP contribution is 2.31. The van der Waals surface area contributed by atoms with Gasteiger partial charge in [0.25, 0.3) is 0 Å². The molecule has 2 aliphatic rings. The first-order chi connectivity index (χ1) is 9.20. The third-order valence-corrected chi connectivity index (χ3v) is 5.08. The first-order valence-corrected chi connectivity index (χ1v) is 8.68. The molecule has 0 aromatic carbocycles. The average Bonchev–Trinajstić information content (AvgIpc) is 2.90. The minimum atomic E-state index is 0.762. The molecule has 19 heavy (non-hydrogen) atoms. The van der Waals surface area contributed by atoms with Crippen LogP contribution in [0.1, 0.15) is 65.7 Å². The molecule has 1 heterocycles. The lowest BCUT2D eigenvalue weighted by molar-refractivity contribution is 0.0817. The van der Waals surface area contributed by atoms with Crippen molar-refractivity contribution in [2.24, 2.45) is 11.8 Å². The number of rotatable bonds is 6. The van der Waals surface area contributed by atoms with Crippen LogP contribution < -0.4 is 5.32 Å². The molecule has 0 spiro atoms. The predicted molar refractivity (Wildman–Crippen MR) is 83.5 cm³/mol. The standard InChI is InChI=1S/C17H34N2/c1-4-15-8-5-6-10-17(15)19(12-14(2)3)13-16-9-7-11-18-16/h14-18H,4-13H2,1-3H3. The lowest BCUT2D eigenvalue weighted by atomic mass is 9.81. The van der Waals surface area contributed by atoms with Gasteiger partial charge in [-0.25, -0.2) is 0 Å². The molecule has 3 unspecified atom stereocenters. The summed E-state index contributed by atoms with van der Waals surface area (Å²) in [4.78, 5) is 2.85. The summed E-state index contributed by atoms with van der Waals surface area (Å²) in [7, 11) is 0. The van der Waals surface area contributed by atoms with Gasteiger partial charge in [0.15, 0.2) is 0 Å². The summed E-state index contributed by atoms with van der Waals surface area (Å²) in [5.41, 5.74) is 0. The Kier molecular flexibility index (Phi) is 6.15. The molecule has 3 atom stereocenters. The van der Waals surface area contributed by atoms with Crippen LogP contribution in [0, 0.1) is 11.8 Å². The molecule has 112 valence electrons. The maximum atomic E-state index is 3.69. The molecule has 2 rings (SSSR count). The summed E-state index contributed by atoms with van der Waals surface area (Å²) < 4.78 is 0. The first-order valence-electron chi connectivity index (χ1n) is 8.68. The maximum Gasteiger partial charge on any atom is 0.0195 e. The number of hydrogen-bond acceptors (Lipinski definition) is 2. The number of hydrogen-bond donors (Lipinski definition) is 1. The zero-order valence-corrected chi connectivity index (χ0v) is 13.3. The Balaban J connectivity index is 1.97. The highest BCUT2D eigenvalue weighted by Gasteiger charge is 2.31. The SMILES string of the molecule is CCC1CCCCC1N(CC(C)C)CC1CCCN1. The van der Waals surface area contributed by atoms with Crippen LogP contribution in [0.5, 0.6) is 0 Å². The fraction of sp³-hybridized carbons (Fsp3) is 1.00. The molecule has 0 aromatic heterocycles. The van der Waals surface area contributed by atoms with Crippen LogP contribution in [0.3, 0.4) is 0 Å². The summed E-state index contributed by atoms with van der Waals surface area (Å²) in [6.07, 6.45) is 9.96. The fourth-order valence-electron chi connectivity index (χ4n) is 4.15. The topological polar surface area (TPSA) is 15.3 Å². The Labute approximate surface area is 120 Å². The normalized spacial score (nSPS) is 32.4. The molecule has 1 aliphatic heterocycles. The van der Waals surface area contributed by atoms with Gasteiger partial charge in [0, 0.05) is 25.2 Å². The lowest BCUT2D eigenvalue weighted by Gasteiger charge is -2.42. The molecule has 1 saturated heterocycles. The minimum absolute atomic E-state index is 0.762. The van der Waals surface area contributed by atoms with Crippen molar-refractivity contribution in [3.63, 3.8) is 0 Å². The van der Waals surface area contributed by atoms with Crippen molar-refractivity contribution in [1.29, 1.82) is 0 Å². The monoisotopic (exact) mass is 266 g/mol. The zero-order valence-electron chi connectivity index (χ0n) is 13.3. The van der Waals surface area contributed by atoms with Crippen molar-refractivity contribution in [2.75, 3.05) is 19.6 Å². The number of nitrogens with zero attached hydrogens (tertiary/aromatic N) is 1. The lowest BCUT2D eigenvalue weighted by Crippen LogP contribution is -2.49. The second-order valence-electron chi connectivity index (χ2n) is 7.16. The maximum absolute atomic E-state index is 3.69. The Morgan fingerprint density at radius 2 is 1.89 bits per heavy atom. The van der Waals surface area contributed by atoms with Gasteiger partial charge in [-0.1, -0.05) is 40.0 Å². The molecule has 2 heteroatoms. The highest BCUT2D eigenvalue weighted by molar-refractivity contribution is 4.87. The fourth-order valence-corrected chi connectivity index (χ4v) is 4.15. The molecule has 0 amide bonds. The molecule has 1 saturated carbocycles. The minimum Gasteiger partial charge on any atom is -0.313 e. The van der Waals surface area contributed by atoms with Gasteiger partial charge in [0.2, 0.25) is 0 Å². The largest absolute Gasteiger partial charge is 0.313 e.